The number of nitrogens with zero attached hydrogens (tertiary/aromatic N) is 3. The van der Waals surface area contributed by atoms with Crippen molar-refractivity contribution < 1.29 is 9.53 Å². The summed E-state index contributed by atoms with van der Waals surface area (Å²) < 4.78 is 7.25. The van der Waals surface area contributed by atoms with E-state index in [4.69, 9.17) is 4.74 Å². The van der Waals surface area contributed by atoms with E-state index in [0.29, 0.717) is 12.1 Å². The summed E-state index contributed by atoms with van der Waals surface area (Å²) >= 11 is 0. The summed E-state index contributed by atoms with van der Waals surface area (Å²) in [5.41, 5.74) is 1.88. The van der Waals surface area contributed by atoms with Crippen molar-refractivity contribution in [3.63, 3.8) is 0 Å². The molecule has 2 rings (SSSR count). The fourth-order valence-corrected chi connectivity index (χ4v) is 1.98. The number of carbonyl (C=O) groups excluding carboxylic acids is 1. The molecule has 118 valence electrons. The Hall–Kier alpha value is -2.37. The Labute approximate surface area is 130 Å². The summed E-state index contributed by atoms with van der Waals surface area (Å²) in [7, 11) is 1.90. The summed E-state index contributed by atoms with van der Waals surface area (Å²) in [6.45, 7) is 8.04. The maximum absolute atomic E-state index is 12.1. The topological polar surface area (TPSA) is 69.0 Å². The monoisotopic (exact) mass is 302 g/mol. The molecular formula is C16H22N4O2. The van der Waals surface area contributed by atoms with Crippen LogP contribution in [0.3, 0.4) is 0 Å². The molecule has 1 aromatic carbocycles. The van der Waals surface area contributed by atoms with Crippen LogP contribution in [0.4, 0.5) is 5.69 Å². The molecular weight excluding hydrogens is 280 g/mol. The molecule has 22 heavy (non-hydrogen) atoms. The summed E-state index contributed by atoms with van der Waals surface area (Å²) in [6.07, 6.45) is 1.66. The van der Waals surface area contributed by atoms with Gasteiger partial charge in [-0.15, -0.1) is 10.2 Å². The Morgan fingerprint density at radius 2 is 2.09 bits per heavy atom. The first-order chi connectivity index (χ1) is 10.3. The molecule has 1 N–H and O–H groups in total. The van der Waals surface area contributed by atoms with Crippen molar-refractivity contribution in [3.05, 3.63) is 41.5 Å². The number of benzene rings is 1. The molecule has 1 heterocycles. The van der Waals surface area contributed by atoms with E-state index in [-0.39, 0.29) is 5.97 Å². The minimum Gasteiger partial charge on any atom is -0.456 e. The zero-order chi connectivity index (χ0) is 16.3. The molecule has 0 fully saturated rings. The average Bonchev–Trinajstić information content (AvgIpc) is 2.80. The minimum absolute atomic E-state index is 0.301. The van der Waals surface area contributed by atoms with Gasteiger partial charge in [0.25, 0.3) is 0 Å². The molecule has 0 aliphatic carbocycles. The largest absolute Gasteiger partial charge is 0.456 e. The first-order valence-electron chi connectivity index (χ1n) is 7.17. The molecule has 0 bridgehead atoms. The van der Waals surface area contributed by atoms with E-state index in [2.05, 4.69) is 15.5 Å². The number of ether oxygens (including phenoxy) is 1. The van der Waals surface area contributed by atoms with Crippen LogP contribution in [0.25, 0.3) is 0 Å². The van der Waals surface area contributed by atoms with Gasteiger partial charge in [-0.2, -0.15) is 0 Å². The number of aromatic nitrogens is 3. The summed E-state index contributed by atoms with van der Waals surface area (Å²) in [6, 6.07) is 5.57. The molecule has 6 nitrogen and oxygen atoms in total. The van der Waals surface area contributed by atoms with Gasteiger partial charge in [0.15, 0.2) is 5.82 Å². The number of nitrogens with one attached hydrogen (secondary N) is 1. The third kappa shape index (κ3) is 4.07. The van der Waals surface area contributed by atoms with Gasteiger partial charge in [-0.25, -0.2) is 4.79 Å². The van der Waals surface area contributed by atoms with Crippen LogP contribution in [-0.4, -0.2) is 26.3 Å². The predicted octanol–water partition coefficient (Wildman–Crippen LogP) is 2.69. The second-order valence-electron chi connectivity index (χ2n) is 6.24. The van der Waals surface area contributed by atoms with Crippen molar-refractivity contribution in [2.45, 2.75) is 39.8 Å². The van der Waals surface area contributed by atoms with E-state index < -0.39 is 5.60 Å². The molecule has 0 spiro atoms. The van der Waals surface area contributed by atoms with Gasteiger partial charge in [-0.05, 0) is 51.5 Å². The number of anilines is 1. The molecule has 0 radical (unpaired) electrons. The van der Waals surface area contributed by atoms with Crippen molar-refractivity contribution in [1.82, 2.24) is 14.8 Å². The zero-order valence-corrected chi connectivity index (χ0v) is 13.7. The van der Waals surface area contributed by atoms with Gasteiger partial charge in [-0.1, -0.05) is 0 Å². The first-order valence-corrected chi connectivity index (χ1v) is 7.17. The molecule has 0 unspecified atom stereocenters. The van der Waals surface area contributed by atoms with E-state index in [9.17, 15) is 4.79 Å². The van der Waals surface area contributed by atoms with Crippen LogP contribution in [0.15, 0.2) is 24.5 Å². The smallest absolute Gasteiger partial charge is 0.338 e. The van der Waals surface area contributed by atoms with Crippen LogP contribution in [0, 0.1) is 6.92 Å². The Bertz CT molecular complexity index is 671. The minimum atomic E-state index is -0.494. The third-order valence-corrected chi connectivity index (χ3v) is 3.10. The van der Waals surface area contributed by atoms with E-state index in [1.165, 1.54) is 0 Å². The second kappa shape index (κ2) is 6.17. The molecule has 0 aliphatic heterocycles. The lowest BCUT2D eigenvalue weighted by Crippen LogP contribution is -2.24. The number of hydrogen-bond acceptors (Lipinski definition) is 5. The van der Waals surface area contributed by atoms with Crippen molar-refractivity contribution in [2.24, 2.45) is 7.05 Å². The first kappa shape index (κ1) is 16.0. The van der Waals surface area contributed by atoms with Gasteiger partial charge in [0, 0.05) is 12.7 Å². The number of hydrogen-bond donors (Lipinski definition) is 1. The Morgan fingerprint density at radius 3 is 2.64 bits per heavy atom. The molecule has 0 saturated carbocycles. The number of esters is 1. The van der Waals surface area contributed by atoms with Crippen molar-refractivity contribution in [2.75, 3.05) is 5.32 Å². The lowest BCUT2D eigenvalue weighted by molar-refractivity contribution is 0.00688. The van der Waals surface area contributed by atoms with E-state index in [0.717, 1.165) is 17.1 Å². The lowest BCUT2D eigenvalue weighted by Gasteiger charge is -2.20. The summed E-state index contributed by atoms with van der Waals surface area (Å²) in [5, 5.41) is 11.1. The highest BCUT2D eigenvalue weighted by molar-refractivity contribution is 5.91. The maximum Gasteiger partial charge on any atom is 0.338 e. The molecule has 1 aromatic heterocycles. The standard InChI is InChI=1S/C16H22N4O2/c1-11-8-12(17-9-14-19-18-10-20(14)5)6-7-13(11)15(21)22-16(2,3)4/h6-8,10,17H,9H2,1-5H3. The molecule has 0 atom stereocenters. The van der Waals surface area contributed by atoms with Crippen LogP contribution in [0.2, 0.25) is 0 Å². The Kier molecular flexibility index (Phi) is 4.49. The fraction of sp³-hybridized carbons (Fsp3) is 0.438. The van der Waals surface area contributed by atoms with Crippen molar-refractivity contribution in [1.29, 1.82) is 0 Å². The molecule has 0 aliphatic rings. The van der Waals surface area contributed by atoms with Gasteiger partial charge in [0.05, 0.1) is 12.1 Å². The molecule has 0 saturated heterocycles. The van der Waals surface area contributed by atoms with Crippen molar-refractivity contribution in [3.8, 4) is 0 Å². The van der Waals surface area contributed by atoms with Crippen LogP contribution in [0.1, 0.15) is 42.5 Å². The van der Waals surface area contributed by atoms with Gasteiger partial charge >= 0.3 is 5.97 Å². The van der Waals surface area contributed by atoms with E-state index in [1.807, 2.05) is 51.4 Å². The van der Waals surface area contributed by atoms with Crippen LogP contribution in [0.5, 0.6) is 0 Å². The quantitative estimate of drug-likeness (QED) is 0.879. The SMILES string of the molecule is Cc1cc(NCc2nncn2C)ccc1C(=O)OC(C)(C)C. The Balaban J connectivity index is 2.06. The zero-order valence-electron chi connectivity index (χ0n) is 13.7. The van der Waals surface area contributed by atoms with Crippen LogP contribution < -0.4 is 5.32 Å². The van der Waals surface area contributed by atoms with E-state index >= 15 is 0 Å². The van der Waals surface area contributed by atoms with Crippen LogP contribution >= 0.6 is 0 Å². The summed E-state index contributed by atoms with van der Waals surface area (Å²) in [5.74, 6) is 0.540. The number of aryl methyl sites for hydroxylation is 2. The average molecular weight is 302 g/mol. The lowest BCUT2D eigenvalue weighted by atomic mass is 10.1. The van der Waals surface area contributed by atoms with Gasteiger partial charge < -0.3 is 14.6 Å². The Morgan fingerprint density at radius 1 is 1.36 bits per heavy atom. The molecule has 0 amide bonds. The summed E-state index contributed by atoms with van der Waals surface area (Å²) in [4.78, 5) is 12.1. The van der Waals surface area contributed by atoms with E-state index in [1.54, 1.807) is 12.4 Å². The number of rotatable bonds is 4. The highest BCUT2D eigenvalue weighted by Crippen LogP contribution is 2.19. The maximum atomic E-state index is 12.1. The van der Waals surface area contributed by atoms with Crippen molar-refractivity contribution >= 4 is 11.7 Å². The molecule has 6 heteroatoms. The highest BCUT2D eigenvalue weighted by Gasteiger charge is 2.19. The third-order valence-electron chi connectivity index (χ3n) is 3.10. The normalized spacial score (nSPS) is 11.3. The van der Waals surface area contributed by atoms with Gasteiger partial charge in [-0.3, -0.25) is 0 Å². The fourth-order valence-electron chi connectivity index (χ4n) is 1.98. The predicted molar refractivity (Wildman–Crippen MR) is 84.7 cm³/mol. The molecule has 2 aromatic rings. The number of carbonyl (C=O) groups is 1. The highest BCUT2D eigenvalue weighted by atomic mass is 16.6. The van der Waals surface area contributed by atoms with Gasteiger partial charge in [0.2, 0.25) is 0 Å². The van der Waals surface area contributed by atoms with Gasteiger partial charge in [0.1, 0.15) is 11.9 Å². The van der Waals surface area contributed by atoms with Crippen LogP contribution in [-0.2, 0) is 18.3 Å². The second-order valence-corrected chi connectivity index (χ2v) is 6.24.